The minimum atomic E-state index is 0. The van der Waals surface area contributed by atoms with Crippen LogP contribution in [-0.2, 0) is 6.54 Å². The summed E-state index contributed by atoms with van der Waals surface area (Å²) in [6.45, 7) is 5.06. The third-order valence-corrected chi connectivity index (χ3v) is 2.45. The van der Waals surface area contributed by atoms with E-state index >= 15 is 0 Å². The molecule has 1 aliphatic rings. The number of hydrogen-bond donors (Lipinski definition) is 2. The van der Waals surface area contributed by atoms with E-state index in [1.807, 2.05) is 6.92 Å². The van der Waals surface area contributed by atoms with Gasteiger partial charge in [-0.1, -0.05) is 0 Å². The molecular weight excluding hydrogens is 235 g/mol. The normalized spacial score (nSPS) is 20.8. The number of halogens is 2. The van der Waals surface area contributed by atoms with Crippen molar-refractivity contribution in [1.82, 2.24) is 15.1 Å². The molecule has 0 aromatic carbocycles. The van der Waals surface area contributed by atoms with Crippen LogP contribution in [0.3, 0.4) is 0 Å². The van der Waals surface area contributed by atoms with Gasteiger partial charge in [-0.05, 0) is 19.4 Å². The van der Waals surface area contributed by atoms with Gasteiger partial charge in [0.1, 0.15) is 0 Å². The molecule has 2 rings (SSSR count). The van der Waals surface area contributed by atoms with E-state index in [9.17, 15) is 0 Å². The topological polar surface area (TPSA) is 57.9 Å². The highest BCUT2D eigenvalue weighted by Crippen LogP contribution is 2.10. The predicted molar refractivity (Wildman–Crippen MR) is 65.7 cm³/mol. The first kappa shape index (κ1) is 14.7. The Kier molecular flexibility index (Phi) is 6.20. The largest absolute Gasteiger partial charge is 0.326 e. The molecule has 0 radical (unpaired) electrons. The number of aromatic amines is 1. The Bertz CT molecular complexity index is 289. The Balaban J connectivity index is 0.000000980. The maximum Gasteiger partial charge on any atom is 0.0765 e. The monoisotopic (exact) mass is 252 g/mol. The van der Waals surface area contributed by atoms with Crippen molar-refractivity contribution in [2.75, 3.05) is 13.1 Å². The van der Waals surface area contributed by atoms with Gasteiger partial charge in [-0.15, -0.1) is 24.8 Å². The zero-order valence-corrected chi connectivity index (χ0v) is 10.4. The lowest BCUT2D eigenvalue weighted by Crippen LogP contribution is -2.26. The van der Waals surface area contributed by atoms with Crippen LogP contribution < -0.4 is 5.73 Å². The molecule has 88 valence electrons. The van der Waals surface area contributed by atoms with E-state index in [-0.39, 0.29) is 24.8 Å². The van der Waals surface area contributed by atoms with Crippen molar-refractivity contribution in [1.29, 1.82) is 0 Å². The van der Waals surface area contributed by atoms with Gasteiger partial charge in [-0.25, -0.2) is 0 Å². The molecular formula is C9H18Cl2N4. The van der Waals surface area contributed by atoms with Crippen LogP contribution in [0.5, 0.6) is 0 Å². The van der Waals surface area contributed by atoms with Crippen LogP contribution in [0.25, 0.3) is 0 Å². The van der Waals surface area contributed by atoms with Crippen molar-refractivity contribution < 1.29 is 0 Å². The summed E-state index contributed by atoms with van der Waals surface area (Å²) in [5, 5.41) is 7.14. The standard InChI is InChI=1S/C9H16N4.2ClH/c1-7-4-9(12-11-7)6-13-3-2-8(10)5-13;;/h4,8H,2-3,5-6,10H2,1H3,(H,11,12);2*1H. The molecule has 1 aromatic rings. The Morgan fingerprint density at radius 2 is 2.33 bits per heavy atom. The minimum absolute atomic E-state index is 0. The number of hydrogen-bond acceptors (Lipinski definition) is 3. The van der Waals surface area contributed by atoms with Gasteiger partial charge in [0, 0.05) is 31.4 Å². The number of aryl methyl sites for hydroxylation is 1. The van der Waals surface area contributed by atoms with Gasteiger partial charge in [-0.3, -0.25) is 10.00 Å². The van der Waals surface area contributed by atoms with Crippen LogP contribution in [0.4, 0.5) is 0 Å². The molecule has 6 heteroatoms. The molecule has 2 heterocycles. The van der Waals surface area contributed by atoms with Crippen molar-refractivity contribution in [3.8, 4) is 0 Å². The Morgan fingerprint density at radius 3 is 2.80 bits per heavy atom. The maximum absolute atomic E-state index is 5.81. The van der Waals surface area contributed by atoms with Crippen molar-refractivity contribution >= 4 is 24.8 Å². The lowest BCUT2D eigenvalue weighted by atomic mass is 10.3. The van der Waals surface area contributed by atoms with Crippen LogP contribution in [0.1, 0.15) is 17.8 Å². The zero-order valence-electron chi connectivity index (χ0n) is 8.77. The molecule has 1 aliphatic heterocycles. The molecule has 0 bridgehead atoms. The van der Waals surface area contributed by atoms with E-state index in [0.717, 1.165) is 37.4 Å². The molecule has 1 unspecified atom stereocenters. The predicted octanol–water partition coefficient (Wildman–Crippen LogP) is 1.09. The van der Waals surface area contributed by atoms with Crippen LogP contribution >= 0.6 is 24.8 Å². The van der Waals surface area contributed by atoms with Gasteiger partial charge in [0.2, 0.25) is 0 Å². The first-order valence-corrected chi connectivity index (χ1v) is 4.73. The molecule has 3 N–H and O–H groups in total. The van der Waals surface area contributed by atoms with E-state index in [1.165, 1.54) is 0 Å². The highest BCUT2D eigenvalue weighted by Gasteiger charge is 2.19. The molecule has 1 saturated heterocycles. The second-order valence-electron chi connectivity index (χ2n) is 3.83. The third-order valence-electron chi connectivity index (χ3n) is 2.45. The van der Waals surface area contributed by atoms with E-state index in [2.05, 4.69) is 21.2 Å². The van der Waals surface area contributed by atoms with Gasteiger partial charge in [0.05, 0.1) is 5.69 Å². The fourth-order valence-electron chi connectivity index (χ4n) is 1.79. The molecule has 1 atom stereocenters. The number of rotatable bonds is 2. The maximum atomic E-state index is 5.81. The van der Waals surface area contributed by atoms with Gasteiger partial charge in [0.25, 0.3) is 0 Å². The first-order valence-electron chi connectivity index (χ1n) is 4.73. The highest BCUT2D eigenvalue weighted by molar-refractivity contribution is 5.85. The zero-order chi connectivity index (χ0) is 9.26. The number of H-pyrrole nitrogens is 1. The summed E-state index contributed by atoms with van der Waals surface area (Å²) >= 11 is 0. The third kappa shape index (κ3) is 3.99. The number of nitrogens with zero attached hydrogens (tertiary/aromatic N) is 2. The summed E-state index contributed by atoms with van der Waals surface area (Å²) in [4.78, 5) is 2.35. The summed E-state index contributed by atoms with van der Waals surface area (Å²) in [6.07, 6.45) is 1.11. The molecule has 1 aromatic heterocycles. The Hall–Kier alpha value is -0.290. The van der Waals surface area contributed by atoms with Crippen LogP contribution in [-0.4, -0.2) is 34.2 Å². The lowest BCUT2D eigenvalue weighted by molar-refractivity contribution is 0.322. The highest BCUT2D eigenvalue weighted by atomic mass is 35.5. The summed E-state index contributed by atoms with van der Waals surface area (Å²) in [5.41, 5.74) is 8.05. The second-order valence-corrected chi connectivity index (χ2v) is 3.83. The van der Waals surface area contributed by atoms with E-state index < -0.39 is 0 Å². The van der Waals surface area contributed by atoms with Crippen molar-refractivity contribution in [2.24, 2.45) is 5.73 Å². The molecule has 15 heavy (non-hydrogen) atoms. The lowest BCUT2D eigenvalue weighted by Gasteiger charge is -2.12. The van der Waals surface area contributed by atoms with Gasteiger partial charge >= 0.3 is 0 Å². The number of aromatic nitrogens is 2. The smallest absolute Gasteiger partial charge is 0.0765 e. The SMILES string of the molecule is Cc1cc(CN2CCC(N)C2)n[nH]1.Cl.Cl. The molecule has 0 spiro atoms. The fourth-order valence-corrected chi connectivity index (χ4v) is 1.79. The molecule has 0 saturated carbocycles. The van der Waals surface area contributed by atoms with Gasteiger partial charge in [-0.2, -0.15) is 5.10 Å². The van der Waals surface area contributed by atoms with Crippen molar-refractivity contribution in [3.63, 3.8) is 0 Å². The summed E-state index contributed by atoms with van der Waals surface area (Å²) < 4.78 is 0. The van der Waals surface area contributed by atoms with Crippen LogP contribution in [0.15, 0.2) is 6.07 Å². The molecule has 1 fully saturated rings. The first-order chi connectivity index (χ1) is 6.24. The second kappa shape index (κ2) is 6.33. The van der Waals surface area contributed by atoms with Crippen molar-refractivity contribution in [3.05, 3.63) is 17.5 Å². The number of likely N-dealkylation sites (tertiary alicyclic amines) is 1. The van der Waals surface area contributed by atoms with E-state index in [1.54, 1.807) is 0 Å². The van der Waals surface area contributed by atoms with Crippen molar-refractivity contribution in [2.45, 2.75) is 25.9 Å². The van der Waals surface area contributed by atoms with E-state index in [4.69, 9.17) is 5.73 Å². The Morgan fingerprint density at radius 1 is 1.60 bits per heavy atom. The molecule has 0 aliphatic carbocycles. The fraction of sp³-hybridized carbons (Fsp3) is 0.667. The quantitative estimate of drug-likeness (QED) is 0.829. The average Bonchev–Trinajstić information content (AvgIpc) is 2.62. The van der Waals surface area contributed by atoms with Gasteiger partial charge < -0.3 is 5.73 Å². The Labute approximate surface area is 102 Å². The summed E-state index contributed by atoms with van der Waals surface area (Å²) in [5.74, 6) is 0. The van der Waals surface area contributed by atoms with Crippen LogP contribution in [0, 0.1) is 6.92 Å². The summed E-state index contributed by atoms with van der Waals surface area (Å²) in [7, 11) is 0. The van der Waals surface area contributed by atoms with Gasteiger partial charge in [0.15, 0.2) is 0 Å². The number of nitrogens with two attached hydrogens (primary N) is 1. The number of nitrogens with one attached hydrogen (secondary N) is 1. The average molecular weight is 253 g/mol. The van der Waals surface area contributed by atoms with Crippen LogP contribution in [0.2, 0.25) is 0 Å². The molecule has 4 nitrogen and oxygen atoms in total. The van der Waals surface area contributed by atoms with E-state index in [0.29, 0.717) is 6.04 Å². The molecule has 0 amide bonds. The summed E-state index contributed by atoms with van der Waals surface area (Å²) in [6, 6.07) is 2.45. The minimum Gasteiger partial charge on any atom is -0.326 e.